The summed E-state index contributed by atoms with van der Waals surface area (Å²) in [5.74, 6) is 1.59. The van der Waals surface area contributed by atoms with E-state index in [0.717, 1.165) is 30.9 Å². The molecular weight excluding hydrogens is 286 g/mol. The highest BCUT2D eigenvalue weighted by Crippen LogP contribution is 2.35. The summed E-state index contributed by atoms with van der Waals surface area (Å²) in [6.07, 6.45) is 10.6. The maximum absolute atomic E-state index is 5.89. The molecule has 2 fully saturated rings. The molecule has 1 saturated heterocycles. The first kappa shape index (κ1) is 16.7. The molecule has 0 unspecified atom stereocenters. The van der Waals surface area contributed by atoms with E-state index >= 15 is 0 Å². The molecular formula is C18H31N5. The van der Waals surface area contributed by atoms with Crippen molar-refractivity contribution in [3.05, 3.63) is 18.1 Å². The molecule has 2 heterocycles. The second kappa shape index (κ2) is 8.06. The summed E-state index contributed by atoms with van der Waals surface area (Å²) in [6.45, 7) is 4.82. The predicted molar refractivity (Wildman–Crippen MR) is 94.8 cm³/mol. The van der Waals surface area contributed by atoms with Crippen LogP contribution in [0.15, 0.2) is 12.4 Å². The lowest BCUT2D eigenvalue weighted by Crippen LogP contribution is -2.35. The Morgan fingerprint density at radius 1 is 1.17 bits per heavy atom. The highest BCUT2D eigenvalue weighted by molar-refractivity contribution is 5.39. The van der Waals surface area contributed by atoms with Crippen molar-refractivity contribution in [3.8, 4) is 0 Å². The second-order valence-electron chi connectivity index (χ2n) is 7.26. The molecule has 1 aromatic heterocycles. The average molecular weight is 317 g/mol. The predicted octanol–water partition coefficient (Wildman–Crippen LogP) is 2.38. The van der Waals surface area contributed by atoms with Crippen LogP contribution in [-0.2, 0) is 0 Å². The van der Waals surface area contributed by atoms with Crippen molar-refractivity contribution < 1.29 is 0 Å². The maximum Gasteiger partial charge on any atom is 0.131 e. The highest BCUT2D eigenvalue weighted by Gasteiger charge is 2.28. The van der Waals surface area contributed by atoms with Gasteiger partial charge in [0, 0.05) is 37.3 Å². The van der Waals surface area contributed by atoms with Crippen LogP contribution in [0.5, 0.6) is 0 Å². The lowest BCUT2D eigenvalue weighted by molar-refractivity contribution is 0.282. The summed E-state index contributed by atoms with van der Waals surface area (Å²) >= 11 is 0. The van der Waals surface area contributed by atoms with Crippen molar-refractivity contribution >= 4 is 5.82 Å². The molecule has 0 spiro atoms. The third kappa shape index (κ3) is 4.64. The van der Waals surface area contributed by atoms with Crippen molar-refractivity contribution in [1.82, 2.24) is 14.9 Å². The largest absolute Gasteiger partial charge is 0.360 e. The van der Waals surface area contributed by atoms with Gasteiger partial charge in [-0.3, -0.25) is 0 Å². The van der Waals surface area contributed by atoms with E-state index < -0.39 is 0 Å². The summed E-state index contributed by atoms with van der Waals surface area (Å²) < 4.78 is 0. The van der Waals surface area contributed by atoms with Crippen LogP contribution in [0.1, 0.15) is 56.6 Å². The lowest BCUT2D eigenvalue weighted by atomic mass is 9.78. The quantitative estimate of drug-likeness (QED) is 0.873. The van der Waals surface area contributed by atoms with Gasteiger partial charge >= 0.3 is 0 Å². The zero-order valence-corrected chi connectivity index (χ0v) is 14.5. The van der Waals surface area contributed by atoms with Gasteiger partial charge < -0.3 is 15.5 Å². The van der Waals surface area contributed by atoms with Crippen molar-refractivity contribution in [2.24, 2.45) is 5.73 Å². The molecule has 0 bridgehead atoms. The van der Waals surface area contributed by atoms with Crippen LogP contribution >= 0.6 is 0 Å². The Bertz CT molecular complexity index is 478. The van der Waals surface area contributed by atoms with Crippen LogP contribution in [0.4, 0.5) is 5.82 Å². The number of rotatable bonds is 6. The van der Waals surface area contributed by atoms with E-state index in [9.17, 15) is 0 Å². The normalized spacial score (nSPS) is 25.7. The topological polar surface area (TPSA) is 58.3 Å². The number of anilines is 1. The fraction of sp³-hybridized carbons (Fsp3) is 0.778. The Balaban J connectivity index is 1.46. The van der Waals surface area contributed by atoms with Crippen molar-refractivity contribution in [3.63, 3.8) is 0 Å². The van der Waals surface area contributed by atoms with Gasteiger partial charge in [0.15, 0.2) is 0 Å². The molecule has 0 atom stereocenters. The first-order valence-electron chi connectivity index (χ1n) is 9.23. The Morgan fingerprint density at radius 3 is 2.61 bits per heavy atom. The first-order chi connectivity index (χ1) is 11.2. The van der Waals surface area contributed by atoms with Gasteiger partial charge in [0.1, 0.15) is 12.1 Å². The molecule has 0 aromatic carbocycles. The molecule has 5 nitrogen and oxygen atoms in total. The van der Waals surface area contributed by atoms with Gasteiger partial charge in [-0.15, -0.1) is 0 Å². The summed E-state index contributed by atoms with van der Waals surface area (Å²) in [7, 11) is 2.14. The molecule has 23 heavy (non-hydrogen) atoms. The molecule has 5 heteroatoms. The Morgan fingerprint density at radius 2 is 1.91 bits per heavy atom. The summed E-state index contributed by atoms with van der Waals surface area (Å²) in [5.41, 5.74) is 7.06. The maximum atomic E-state index is 5.89. The number of nitrogens with zero attached hydrogens (tertiary/aromatic N) is 4. The monoisotopic (exact) mass is 317 g/mol. The fourth-order valence-corrected chi connectivity index (χ4v) is 3.70. The molecule has 1 saturated carbocycles. The number of nitrogens with two attached hydrogens (primary N) is 1. The van der Waals surface area contributed by atoms with E-state index in [2.05, 4.69) is 32.9 Å². The van der Waals surface area contributed by atoms with Crippen LogP contribution in [0.2, 0.25) is 0 Å². The zero-order chi connectivity index (χ0) is 16.1. The summed E-state index contributed by atoms with van der Waals surface area (Å²) in [6, 6.07) is 2.52. The fourth-order valence-electron chi connectivity index (χ4n) is 3.70. The van der Waals surface area contributed by atoms with Crippen molar-refractivity contribution in [2.45, 2.75) is 56.9 Å². The van der Waals surface area contributed by atoms with Gasteiger partial charge in [0.2, 0.25) is 0 Å². The molecule has 0 amide bonds. The lowest BCUT2D eigenvalue weighted by Gasteiger charge is -2.32. The highest BCUT2D eigenvalue weighted by atomic mass is 15.2. The smallest absolute Gasteiger partial charge is 0.131 e. The van der Waals surface area contributed by atoms with Gasteiger partial charge in [-0.05, 0) is 51.7 Å². The van der Waals surface area contributed by atoms with Gasteiger partial charge in [-0.25, -0.2) is 9.97 Å². The molecule has 1 aliphatic carbocycles. The van der Waals surface area contributed by atoms with E-state index in [1.165, 1.54) is 51.7 Å². The van der Waals surface area contributed by atoms with E-state index in [1.54, 1.807) is 6.33 Å². The summed E-state index contributed by atoms with van der Waals surface area (Å²) in [5, 5.41) is 0. The van der Waals surface area contributed by atoms with Crippen molar-refractivity contribution in [2.75, 3.05) is 38.1 Å². The minimum absolute atomic E-state index is 0.366. The number of aromatic nitrogens is 2. The van der Waals surface area contributed by atoms with Gasteiger partial charge in [-0.1, -0.05) is 12.8 Å². The zero-order valence-electron chi connectivity index (χ0n) is 14.5. The van der Waals surface area contributed by atoms with Crippen LogP contribution in [0, 0.1) is 0 Å². The van der Waals surface area contributed by atoms with Crippen LogP contribution < -0.4 is 10.6 Å². The minimum atomic E-state index is 0.366. The molecule has 2 aliphatic rings. The SMILES string of the molecule is CN(CCCN1CCCCCC1)c1cc(C2CC(N)C2)ncn1. The molecule has 1 aromatic rings. The molecule has 0 radical (unpaired) electrons. The van der Waals surface area contributed by atoms with Gasteiger partial charge in [0.25, 0.3) is 0 Å². The van der Waals surface area contributed by atoms with Crippen LogP contribution in [0.3, 0.4) is 0 Å². The Labute approximate surface area is 140 Å². The number of likely N-dealkylation sites (tertiary alicyclic amines) is 1. The summed E-state index contributed by atoms with van der Waals surface area (Å²) in [4.78, 5) is 13.8. The molecule has 2 N–H and O–H groups in total. The molecule has 128 valence electrons. The van der Waals surface area contributed by atoms with E-state index in [1.807, 2.05) is 0 Å². The van der Waals surface area contributed by atoms with Gasteiger partial charge in [0.05, 0.1) is 0 Å². The van der Waals surface area contributed by atoms with E-state index in [0.29, 0.717) is 12.0 Å². The average Bonchev–Trinajstić information content (AvgIpc) is 2.81. The second-order valence-corrected chi connectivity index (χ2v) is 7.26. The standard InChI is InChI=1S/C18H31N5/c1-22(7-6-10-23-8-4-2-3-5-9-23)18-13-17(20-14-21-18)15-11-16(19)12-15/h13-16H,2-12,19H2,1H3. The van der Waals surface area contributed by atoms with Gasteiger partial charge in [-0.2, -0.15) is 0 Å². The third-order valence-electron chi connectivity index (χ3n) is 5.32. The third-order valence-corrected chi connectivity index (χ3v) is 5.32. The Hall–Kier alpha value is -1.20. The van der Waals surface area contributed by atoms with Crippen LogP contribution in [-0.4, -0.2) is 54.1 Å². The van der Waals surface area contributed by atoms with E-state index in [-0.39, 0.29) is 0 Å². The minimum Gasteiger partial charge on any atom is -0.360 e. The van der Waals surface area contributed by atoms with E-state index in [4.69, 9.17) is 5.73 Å². The Kier molecular flexibility index (Phi) is 5.84. The number of hydrogen-bond donors (Lipinski definition) is 1. The van der Waals surface area contributed by atoms with Crippen LogP contribution in [0.25, 0.3) is 0 Å². The van der Waals surface area contributed by atoms with Crippen molar-refractivity contribution in [1.29, 1.82) is 0 Å². The molecule has 1 aliphatic heterocycles. The number of hydrogen-bond acceptors (Lipinski definition) is 5. The first-order valence-corrected chi connectivity index (χ1v) is 9.23. The molecule has 3 rings (SSSR count).